The fourth-order valence-electron chi connectivity index (χ4n) is 2.50. The highest BCUT2D eigenvalue weighted by Gasteiger charge is 2.21. The van der Waals surface area contributed by atoms with E-state index in [2.05, 4.69) is 47.1 Å². The van der Waals surface area contributed by atoms with Crippen LogP contribution in [0.15, 0.2) is 24.3 Å². The Labute approximate surface area is 136 Å². The van der Waals surface area contributed by atoms with Crippen LogP contribution >= 0.6 is 39.0 Å². The first-order valence-corrected chi connectivity index (χ1v) is 9.55. The van der Waals surface area contributed by atoms with Gasteiger partial charge in [-0.05, 0) is 36.8 Å². The molecule has 1 aliphatic rings. The van der Waals surface area contributed by atoms with Crippen LogP contribution in [-0.2, 0) is 12.2 Å². The number of methoxy groups -OCH3 is 1. The molecule has 106 valence electrons. The highest BCUT2D eigenvalue weighted by Crippen LogP contribution is 2.43. The van der Waals surface area contributed by atoms with Gasteiger partial charge in [0, 0.05) is 21.1 Å². The van der Waals surface area contributed by atoms with E-state index in [1.807, 2.05) is 23.1 Å². The molecule has 0 saturated heterocycles. The summed E-state index contributed by atoms with van der Waals surface area (Å²) in [6.45, 7) is 2.12. The third kappa shape index (κ3) is 2.78. The maximum atomic E-state index is 5.52. The van der Waals surface area contributed by atoms with Crippen LogP contribution in [0.4, 0.5) is 0 Å². The molecular weight excluding hydrogens is 352 g/mol. The second kappa shape index (κ2) is 6.12. The van der Waals surface area contributed by atoms with Crippen molar-refractivity contribution in [3.63, 3.8) is 0 Å². The third-order valence-corrected chi connectivity index (χ3v) is 7.15. The van der Waals surface area contributed by atoms with Crippen molar-refractivity contribution in [1.82, 2.24) is 0 Å². The molecule has 20 heavy (non-hydrogen) atoms. The summed E-state index contributed by atoms with van der Waals surface area (Å²) in [5.74, 6) is 3.38. The van der Waals surface area contributed by atoms with E-state index in [9.17, 15) is 0 Å². The van der Waals surface area contributed by atoms with Gasteiger partial charge in [-0.15, -0.1) is 11.3 Å². The standard InChI is InChI=1S/C16H17BrOS2/c1-10-3-4-13(18-2)12(7-10)16(17)15-8-11-9-19-6-5-14(11)20-15/h3-4,7-8,16H,5-6,9H2,1-2H3. The van der Waals surface area contributed by atoms with Crippen LogP contribution in [-0.4, -0.2) is 12.9 Å². The Morgan fingerprint density at radius 1 is 1.30 bits per heavy atom. The van der Waals surface area contributed by atoms with Crippen molar-refractivity contribution in [2.24, 2.45) is 0 Å². The van der Waals surface area contributed by atoms with Gasteiger partial charge in [-0.25, -0.2) is 0 Å². The largest absolute Gasteiger partial charge is 0.496 e. The lowest BCUT2D eigenvalue weighted by atomic mass is 10.1. The summed E-state index contributed by atoms with van der Waals surface area (Å²) in [6, 6.07) is 8.74. The van der Waals surface area contributed by atoms with Crippen LogP contribution in [0, 0.1) is 6.92 Å². The first kappa shape index (κ1) is 14.5. The number of thioether (sulfide) groups is 1. The second-order valence-electron chi connectivity index (χ2n) is 5.01. The Bertz CT molecular complexity index is 597. The van der Waals surface area contributed by atoms with Crippen LogP contribution in [0.1, 0.15) is 31.3 Å². The molecule has 1 atom stereocenters. The number of thiophene rings is 1. The second-order valence-corrected chi connectivity index (χ2v) is 8.20. The smallest absolute Gasteiger partial charge is 0.123 e. The molecule has 0 bridgehead atoms. The zero-order chi connectivity index (χ0) is 14.1. The van der Waals surface area contributed by atoms with Gasteiger partial charge >= 0.3 is 0 Å². The van der Waals surface area contributed by atoms with Gasteiger partial charge in [-0.3, -0.25) is 0 Å². The SMILES string of the molecule is COc1ccc(C)cc1C(Br)c1cc2c(s1)CCSC2. The molecule has 0 N–H and O–H groups in total. The van der Waals surface area contributed by atoms with Gasteiger partial charge in [-0.1, -0.05) is 33.6 Å². The monoisotopic (exact) mass is 368 g/mol. The van der Waals surface area contributed by atoms with E-state index in [-0.39, 0.29) is 4.83 Å². The molecule has 1 unspecified atom stereocenters. The first-order valence-electron chi connectivity index (χ1n) is 6.67. The summed E-state index contributed by atoms with van der Waals surface area (Å²) >= 11 is 7.85. The molecule has 2 aromatic rings. The van der Waals surface area contributed by atoms with Gasteiger partial charge in [0.1, 0.15) is 5.75 Å². The average Bonchev–Trinajstić information content (AvgIpc) is 2.90. The number of alkyl halides is 1. The summed E-state index contributed by atoms with van der Waals surface area (Å²) in [6.07, 6.45) is 1.22. The van der Waals surface area contributed by atoms with Gasteiger partial charge in [-0.2, -0.15) is 11.8 Å². The van der Waals surface area contributed by atoms with Crippen LogP contribution in [0.25, 0.3) is 0 Å². The molecule has 1 aromatic heterocycles. The quantitative estimate of drug-likeness (QED) is 0.676. The third-order valence-electron chi connectivity index (χ3n) is 3.55. The highest BCUT2D eigenvalue weighted by atomic mass is 79.9. The number of rotatable bonds is 3. The Morgan fingerprint density at radius 3 is 2.90 bits per heavy atom. The predicted octanol–water partition coefficient (Wildman–Crippen LogP) is 5.34. The summed E-state index contributed by atoms with van der Waals surface area (Å²) in [5.41, 5.74) is 4.01. The summed E-state index contributed by atoms with van der Waals surface area (Å²) < 4.78 is 5.52. The molecule has 0 amide bonds. The van der Waals surface area contributed by atoms with Crippen LogP contribution < -0.4 is 4.74 Å². The topological polar surface area (TPSA) is 9.23 Å². The average molecular weight is 369 g/mol. The molecule has 3 rings (SSSR count). The first-order chi connectivity index (χ1) is 9.69. The zero-order valence-corrected chi connectivity index (χ0v) is 14.8. The van der Waals surface area contributed by atoms with Gasteiger partial charge in [0.15, 0.2) is 0 Å². The Hall–Kier alpha value is -0.450. The molecule has 0 radical (unpaired) electrons. The van der Waals surface area contributed by atoms with Crippen LogP contribution in [0.2, 0.25) is 0 Å². The molecule has 1 aliphatic heterocycles. The number of hydrogen-bond donors (Lipinski definition) is 0. The molecule has 1 nitrogen and oxygen atoms in total. The number of aryl methyl sites for hydroxylation is 2. The highest BCUT2D eigenvalue weighted by molar-refractivity contribution is 9.09. The van der Waals surface area contributed by atoms with E-state index in [4.69, 9.17) is 4.74 Å². The summed E-state index contributed by atoms with van der Waals surface area (Å²) in [7, 11) is 1.74. The number of halogens is 1. The minimum atomic E-state index is 0.220. The fourth-order valence-corrected chi connectivity index (χ4v) is 5.64. The van der Waals surface area contributed by atoms with Crippen molar-refractivity contribution in [2.45, 2.75) is 23.9 Å². The summed E-state index contributed by atoms with van der Waals surface area (Å²) in [5, 5.41) is 0. The van der Waals surface area contributed by atoms with E-state index in [1.165, 1.54) is 33.7 Å². The van der Waals surface area contributed by atoms with Crippen molar-refractivity contribution in [3.05, 3.63) is 50.7 Å². The molecule has 2 heterocycles. The van der Waals surface area contributed by atoms with Crippen LogP contribution in [0.5, 0.6) is 5.75 Å². The van der Waals surface area contributed by atoms with Crippen molar-refractivity contribution >= 4 is 39.0 Å². The van der Waals surface area contributed by atoms with E-state index >= 15 is 0 Å². The van der Waals surface area contributed by atoms with Gasteiger partial charge < -0.3 is 4.74 Å². The maximum absolute atomic E-state index is 5.52. The van der Waals surface area contributed by atoms with E-state index < -0.39 is 0 Å². The molecule has 0 saturated carbocycles. The van der Waals surface area contributed by atoms with E-state index in [0.717, 1.165) is 11.5 Å². The van der Waals surface area contributed by atoms with Crippen molar-refractivity contribution in [1.29, 1.82) is 0 Å². The number of fused-ring (bicyclic) bond motifs is 1. The van der Waals surface area contributed by atoms with Gasteiger partial charge in [0.25, 0.3) is 0 Å². The number of ether oxygens (including phenoxy) is 1. The predicted molar refractivity (Wildman–Crippen MR) is 92.7 cm³/mol. The van der Waals surface area contributed by atoms with Crippen LogP contribution in [0.3, 0.4) is 0 Å². The molecule has 0 aliphatic carbocycles. The minimum Gasteiger partial charge on any atom is -0.496 e. The normalized spacial score (nSPS) is 15.8. The van der Waals surface area contributed by atoms with Crippen molar-refractivity contribution in [3.8, 4) is 5.75 Å². The lowest BCUT2D eigenvalue weighted by molar-refractivity contribution is 0.410. The van der Waals surface area contributed by atoms with Crippen molar-refractivity contribution in [2.75, 3.05) is 12.9 Å². The lowest BCUT2D eigenvalue weighted by Gasteiger charge is -2.14. The number of benzene rings is 1. The minimum absolute atomic E-state index is 0.220. The molecule has 0 fully saturated rings. The van der Waals surface area contributed by atoms with Gasteiger partial charge in [0.2, 0.25) is 0 Å². The fraction of sp³-hybridized carbons (Fsp3) is 0.375. The van der Waals surface area contributed by atoms with Crippen molar-refractivity contribution < 1.29 is 4.74 Å². The maximum Gasteiger partial charge on any atom is 0.123 e. The Kier molecular flexibility index (Phi) is 4.43. The molecular formula is C16H17BrOS2. The number of hydrogen-bond acceptors (Lipinski definition) is 3. The Balaban J connectivity index is 1.97. The summed E-state index contributed by atoms with van der Waals surface area (Å²) in [4.78, 5) is 3.18. The Morgan fingerprint density at radius 2 is 2.15 bits per heavy atom. The van der Waals surface area contributed by atoms with E-state index in [1.54, 1.807) is 12.0 Å². The molecule has 4 heteroatoms. The lowest BCUT2D eigenvalue weighted by Crippen LogP contribution is -1.96. The van der Waals surface area contributed by atoms with E-state index in [0.29, 0.717) is 0 Å². The van der Waals surface area contributed by atoms with Gasteiger partial charge in [0.05, 0.1) is 11.9 Å². The zero-order valence-electron chi connectivity index (χ0n) is 11.6. The molecule has 0 spiro atoms. The molecule has 1 aromatic carbocycles.